The Bertz CT molecular complexity index is 361. The van der Waals surface area contributed by atoms with Crippen molar-refractivity contribution in [2.45, 2.75) is 52.0 Å². The van der Waals surface area contributed by atoms with Gasteiger partial charge in [0.25, 0.3) is 0 Å². The molecule has 2 saturated carbocycles. The highest BCUT2D eigenvalue weighted by Crippen LogP contribution is 2.46. The highest BCUT2D eigenvalue weighted by atomic mass is 16.4. The van der Waals surface area contributed by atoms with Crippen LogP contribution in [0.15, 0.2) is 5.16 Å². The van der Waals surface area contributed by atoms with Crippen LogP contribution in [-0.2, 0) is 4.79 Å². The third-order valence-electron chi connectivity index (χ3n) is 4.60. The third kappa shape index (κ3) is 2.06. The molecule has 18 heavy (non-hydrogen) atoms. The topological polar surface area (TPSA) is 87.7 Å². The Balaban J connectivity index is 2.06. The van der Waals surface area contributed by atoms with Crippen molar-refractivity contribution in [2.75, 3.05) is 0 Å². The molecule has 4 N–H and O–H groups in total. The van der Waals surface area contributed by atoms with Gasteiger partial charge in [0, 0.05) is 6.04 Å². The van der Waals surface area contributed by atoms with Gasteiger partial charge in [0.1, 0.15) is 5.41 Å². The Kier molecular flexibility index (Phi) is 3.50. The molecule has 1 amide bonds. The van der Waals surface area contributed by atoms with E-state index in [1.807, 2.05) is 0 Å². The minimum absolute atomic E-state index is 0.0590. The summed E-state index contributed by atoms with van der Waals surface area (Å²) in [5.74, 6) is 0.978. The Morgan fingerprint density at radius 2 is 2.06 bits per heavy atom. The van der Waals surface area contributed by atoms with E-state index in [1.165, 1.54) is 6.42 Å². The lowest BCUT2D eigenvalue weighted by molar-refractivity contribution is -0.134. The number of amides is 1. The van der Waals surface area contributed by atoms with E-state index in [1.54, 1.807) is 0 Å². The van der Waals surface area contributed by atoms with E-state index < -0.39 is 5.41 Å². The summed E-state index contributed by atoms with van der Waals surface area (Å²) >= 11 is 0. The van der Waals surface area contributed by atoms with E-state index in [0.29, 0.717) is 24.7 Å². The Hall–Kier alpha value is -1.26. The molecule has 0 aliphatic heterocycles. The van der Waals surface area contributed by atoms with Crippen molar-refractivity contribution in [3.05, 3.63) is 0 Å². The van der Waals surface area contributed by atoms with Gasteiger partial charge >= 0.3 is 0 Å². The van der Waals surface area contributed by atoms with Crippen LogP contribution in [0, 0.1) is 17.3 Å². The second-order valence-electron chi connectivity index (χ2n) is 6.07. The lowest BCUT2D eigenvalue weighted by Crippen LogP contribution is -2.58. The second kappa shape index (κ2) is 4.78. The van der Waals surface area contributed by atoms with Crippen molar-refractivity contribution < 1.29 is 10.0 Å². The number of nitrogens with one attached hydrogen (secondary N) is 1. The normalized spacial score (nSPS) is 40.3. The van der Waals surface area contributed by atoms with Crippen LogP contribution in [-0.4, -0.2) is 23.0 Å². The maximum Gasteiger partial charge on any atom is 0.234 e. The molecular formula is C13H23N3O2. The molecule has 0 aromatic carbocycles. The Labute approximate surface area is 108 Å². The van der Waals surface area contributed by atoms with E-state index in [9.17, 15) is 4.79 Å². The third-order valence-corrected chi connectivity index (χ3v) is 4.60. The predicted octanol–water partition coefficient (Wildman–Crippen LogP) is 1.45. The summed E-state index contributed by atoms with van der Waals surface area (Å²) < 4.78 is 0. The first-order valence-corrected chi connectivity index (χ1v) is 6.78. The summed E-state index contributed by atoms with van der Waals surface area (Å²) in [4.78, 5) is 12.4. The van der Waals surface area contributed by atoms with Crippen molar-refractivity contribution in [2.24, 2.45) is 28.1 Å². The van der Waals surface area contributed by atoms with Crippen molar-refractivity contribution in [3.8, 4) is 0 Å². The number of hydrogen-bond donors (Lipinski definition) is 3. The van der Waals surface area contributed by atoms with Crippen molar-refractivity contribution >= 4 is 11.7 Å². The SMILES string of the molecule is CC1CC(C(=O)NC2CCCC2C)(C(N)=NO)C1. The lowest BCUT2D eigenvalue weighted by Gasteiger charge is -2.44. The van der Waals surface area contributed by atoms with Gasteiger partial charge < -0.3 is 16.3 Å². The summed E-state index contributed by atoms with van der Waals surface area (Å²) in [5.41, 5.74) is 4.96. The van der Waals surface area contributed by atoms with Gasteiger partial charge in [-0.15, -0.1) is 0 Å². The van der Waals surface area contributed by atoms with E-state index in [4.69, 9.17) is 10.9 Å². The fourth-order valence-corrected chi connectivity index (χ4v) is 3.40. The summed E-state index contributed by atoms with van der Waals surface area (Å²) in [6, 6.07) is 0.247. The molecule has 2 aliphatic rings. The molecule has 2 atom stereocenters. The average Bonchev–Trinajstić information content (AvgIpc) is 2.69. The summed E-state index contributed by atoms with van der Waals surface area (Å²) in [6.07, 6.45) is 4.72. The molecule has 2 rings (SSSR count). The number of rotatable bonds is 3. The van der Waals surface area contributed by atoms with Gasteiger partial charge in [-0.1, -0.05) is 25.4 Å². The number of nitrogens with two attached hydrogens (primary N) is 1. The van der Waals surface area contributed by atoms with Crippen molar-refractivity contribution in [3.63, 3.8) is 0 Å². The summed E-state index contributed by atoms with van der Waals surface area (Å²) in [6.45, 7) is 4.24. The minimum Gasteiger partial charge on any atom is -0.409 e. The summed E-state index contributed by atoms with van der Waals surface area (Å²) in [5, 5.41) is 15.0. The number of nitrogens with zero attached hydrogens (tertiary/aromatic N) is 1. The molecule has 0 saturated heterocycles. The van der Waals surface area contributed by atoms with Crippen LogP contribution in [0.1, 0.15) is 46.0 Å². The standard InChI is InChI=1S/C13H23N3O2/c1-8-6-13(7-8,11(14)16-18)12(17)15-10-5-3-4-9(10)2/h8-10,18H,3-7H2,1-2H3,(H2,14,16)(H,15,17). The molecule has 2 unspecified atom stereocenters. The van der Waals surface area contributed by atoms with Gasteiger partial charge in [0.05, 0.1) is 0 Å². The van der Waals surface area contributed by atoms with Crippen LogP contribution in [0.5, 0.6) is 0 Å². The van der Waals surface area contributed by atoms with Crippen LogP contribution in [0.3, 0.4) is 0 Å². The highest BCUT2D eigenvalue weighted by molar-refractivity contribution is 6.07. The molecule has 5 nitrogen and oxygen atoms in total. The first kappa shape index (κ1) is 13.2. The number of carbonyl (C=O) groups excluding carboxylic acids is 1. The second-order valence-corrected chi connectivity index (χ2v) is 6.07. The predicted molar refractivity (Wildman–Crippen MR) is 69.2 cm³/mol. The number of amidine groups is 1. The first-order valence-electron chi connectivity index (χ1n) is 6.78. The molecule has 0 radical (unpaired) electrons. The van der Waals surface area contributed by atoms with Crippen molar-refractivity contribution in [1.29, 1.82) is 0 Å². The number of carbonyl (C=O) groups is 1. The molecule has 0 spiro atoms. The largest absolute Gasteiger partial charge is 0.409 e. The molecular weight excluding hydrogens is 230 g/mol. The fourth-order valence-electron chi connectivity index (χ4n) is 3.40. The van der Waals surface area contributed by atoms with Crippen LogP contribution < -0.4 is 11.1 Å². The van der Waals surface area contributed by atoms with Gasteiger partial charge in [0.2, 0.25) is 5.91 Å². The van der Waals surface area contributed by atoms with Gasteiger partial charge in [-0.25, -0.2) is 0 Å². The summed E-state index contributed by atoms with van der Waals surface area (Å²) in [7, 11) is 0. The van der Waals surface area contributed by atoms with E-state index in [2.05, 4.69) is 24.3 Å². The lowest BCUT2D eigenvalue weighted by atomic mass is 9.61. The van der Waals surface area contributed by atoms with Gasteiger partial charge in [-0.05, 0) is 37.5 Å². The smallest absolute Gasteiger partial charge is 0.234 e. The maximum absolute atomic E-state index is 12.4. The van der Waals surface area contributed by atoms with Crippen LogP contribution in [0.4, 0.5) is 0 Å². The monoisotopic (exact) mass is 253 g/mol. The molecule has 2 fully saturated rings. The average molecular weight is 253 g/mol. The van der Waals surface area contributed by atoms with Gasteiger partial charge in [-0.2, -0.15) is 0 Å². The highest BCUT2D eigenvalue weighted by Gasteiger charge is 2.52. The number of oxime groups is 1. The Morgan fingerprint density at radius 3 is 2.50 bits per heavy atom. The van der Waals surface area contributed by atoms with Gasteiger partial charge in [0.15, 0.2) is 5.84 Å². The maximum atomic E-state index is 12.4. The molecule has 0 bridgehead atoms. The van der Waals surface area contributed by atoms with Gasteiger partial charge in [-0.3, -0.25) is 4.79 Å². The zero-order chi connectivity index (χ0) is 13.3. The van der Waals surface area contributed by atoms with Crippen LogP contribution >= 0.6 is 0 Å². The van der Waals surface area contributed by atoms with E-state index in [-0.39, 0.29) is 17.8 Å². The quantitative estimate of drug-likeness (QED) is 0.308. The zero-order valence-corrected chi connectivity index (χ0v) is 11.1. The fraction of sp³-hybridized carbons (Fsp3) is 0.846. The first-order chi connectivity index (χ1) is 8.49. The zero-order valence-electron chi connectivity index (χ0n) is 11.1. The van der Waals surface area contributed by atoms with Crippen LogP contribution in [0.25, 0.3) is 0 Å². The molecule has 0 heterocycles. The molecule has 5 heteroatoms. The van der Waals surface area contributed by atoms with E-state index in [0.717, 1.165) is 12.8 Å². The van der Waals surface area contributed by atoms with Crippen LogP contribution in [0.2, 0.25) is 0 Å². The molecule has 0 aromatic rings. The minimum atomic E-state index is -0.767. The molecule has 2 aliphatic carbocycles. The number of hydrogen-bond acceptors (Lipinski definition) is 3. The van der Waals surface area contributed by atoms with E-state index >= 15 is 0 Å². The molecule has 102 valence electrons. The van der Waals surface area contributed by atoms with Crippen molar-refractivity contribution in [1.82, 2.24) is 5.32 Å². The molecule has 0 aromatic heterocycles. The Morgan fingerprint density at radius 1 is 1.39 bits per heavy atom.